The van der Waals surface area contributed by atoms with Gasteiger partial charge in [0.15, 0.2) is 0 Å². The van der Waals surface area contributed by atoms with Crippen molar-refractivity contribution in [3.8, 4) is 6.01 Å². The number of aromatic nitrogens is 2. The first-order valence-corrected chi connectivity index (χ1v) is 6.25. The van der Waals surface area contributed by atoms with Crippen molar-refractivity contribution in [3.63, 3.8) is 0 Å². The third-order valence-electron chi connectivity index (χ3n) is 3.07. The average Bonchev–Trinajstić information content (AvgIpc) is 2.30. The van der Waals surface area contributed by atoms with Crippen LogP contribution in [0.15, 0.2) is 12.3 Å². The van der Waals surface area contributed by atoms with Crippen LogP contribution in [0.3, 0.4) is 0 Å². The summed E-state index contributed by atoms with van der Waals surface area (Å²) in [6, 6.07) is 2.51. The molecule has 1 aliphatic carbocycles. The molecule has 0 radical (unpaired) electrons. The van der Waals surface area contributed by atoms with E-state index in [0.717, 1.165) is 18.5 Å². The average molecular weight is 220 g/mol. The van der Waals surface area contributed by atoms with Crippen molar-refractivity contribution in [3.05, 3.63) is 18.0 Å². The monoisotopic (exact) mass is 220 g/mol. The van der Waals surface area contributed by atoms with Crippen LogP contribution in [0.1, 0.15) is 57.6 Å². The first-order chi connectivity index (χ1) is 7.75. The van der Waals surface area contributed by atoms with E-state index in [9.17, 15) is 0 Å². The molecule has 0 amide bonds. The van der Waals surface area contributed by atoms with Gasteiger partial charge >= 0.3 is 6.01 Å². The molecule has 0 atom stereocenters. The Morgan fingerprint density at radius 2 is 2.00 bits per heavy atom. The molecule has 1 saturated carbocycles. The number of ether oxygens (including phenoxy) is 1. The van der Waals surface area contributed by atoms with Gasteiger partial charge in [-0.15, -0.1) is 0 Å². The number of hydrogen-bond acceptors (Lipinski definition) is 3. The van der Waals surface area contributed by atoms with Gasteiger partial charge in [0.25, 0.3) is 0 Å². The van der Waals surface area contributed by atoms with Crippen molar-refractivity contribution < 1.29 is 4.74 Å². The standard InChI is InChI=1S/C13H20N2O/c1-10(2)12-8-9-14-13(15-12)16-11-6-4-3-5-7-11/h8-11H,3-7H2,1-2H3. The van der Waals surface area contributed by atoms with Gasteiger partial charge in [0, 0.05) is 6.20 Å². The first-order valence-electron chi connectivity index (χ1n) is 6.25. The predicted molar refractivity (Wildman–Crippen MR) is 63.6 cm³/mol. The molecule has 1 heterocycles. The second-order valence-corrected chi connectivity index (χ2v) is 4.80. The molecule has 1 aromatic heterocycles. The molecule has 3 nitrogen and oxygen atoms in total. The summed E-state index contributed by atoms with van der Waals surface area (Å²) in [5.41, 5.74) is 1.06. The van der Waals surface area contributed by atoms with Crippen LogP contribution < -0.4 is 4.74 Å². The van der Waals surface area contributed by atoms with E-state index in [1.807, 2.05) is 6.07 Å². The van der Waals surface area contributed by atoms with E-state index in [2.05, 4.69) is 23.8 Å². The topological polar surface area (TPSA) is 35.0 Å². The summed E-state index contributed by atoms with van der Waals surface area (Å²) in [6.07, 6.45) is 8.30. The number of hydrogen-bond donors (Lipinski definition) is 0. The van der Waals surface area contributed by atoms with Crippen molar-refractivity contribution >= 4 is 0 Å². The molecule has 0 saturated heterocycles. The van der Waals surface area contributed by atoms with Crippen LogP contribution in [0.25, 0.3) is 0 Å². The normalized spacial score (nSPS) is 17.7. The largest absolute Gasteiger partial charge is 0.460 e. The molecule has 0 bridgehead atoms. The quantitative estimate of drug-likeness (QED) is 0.783. The minimum Gasteiger partial charge on any atom is -0.460 e. The van der Waals surface area contributed by atoms with Gasteiger partial charge in [-0.1, -0.05) is 20.3 Å². The second-order valence-electron chi connectivity index (χ2n) is 4.80. The minimum absolute atomic E-state index is 0.330. The van der Waals surface area contributed by atoms with Crippen molar-refractivity contribution in [2.45, 2.75) is 58.0 Å². The summed E-state index contributed by atoms with van der Waals surface area (Å²) in [7, 11) is 0. The van der Waals surface area contributed by atoms with Gasteiger partial charge in [-0.25, -0.2) is 4.98 Å². The lowest BCUT2D eigenvalue weighted by Gasteiger charge is -2.21. The Kier molecular flexibility index (Phi) is 3.75. The molecule has 0 N–H and O–H groups in total. The molecule has 88 valence electrons. The van der Waals surface area contributed by atoms with E-state index in [-0.39, 0.29) is 0 Å². The summed E-state index contributed by atoms with van der Waals surface area (Å²) in [6.45, 7) is 4.26. The Morgan fingerprint density at radius 3 is 2.69 bits per heavy atom. The second kappa shape index (κ2) is 5.28. The van der Waals surface area contributed by atoms with Crippen molar-refractivity contribution in [1.29, 1.82) is 0 Å². The Morgan fingerprint density at radius 1 is 1.25 bits per heavy atom. The fourth-order valence-corrected chi connectivity index (χ4v) is 2.06. The fraction of sp³-hybridized carbons (Fsp3) is 0.692. The lowest BCUT2D eigenvalue weighted by Crippen LogP contribution is -2.20. The van der Waals surface area contributed by atoms with Crippen LogP contribution in [0.5, 0.6) is 6.01 Å². The third kappa shape index (κ3) is 2.94. The summed E-state index contributed by atoms with van der Waals surface area (Å²) in [4.78, 5) is 8.62. The van der Waals surface area contributed by atoms with E-state index in [1.54, 1.807) is 6.20 Å². The molecule has 2 rings (SSSR count). The Bertz CT molecular complexity index is 332. The molecule has 0 aromatic carbocycles. The highest BCUT2D eigenvalue weighted by Crippen LogP contribution is 2.22. The molecule has 0 spiro atoms. The highest BCUT2D eigenvalue weighted by molar-refractivity contribution is 5.09. The Hall–Kier alpha value is -1.12. The molecule has 1 aliphatic rings. The zero-order chi connectivity index (χ0) is 11.4. The first kappa shape index (κ1) is 11.4. The van der Waals surface area contributed by atoms with Gasteiger partial charge in [0.1, 0.15) is 6.10 Å². The Labute approximate surface area is 97.3 Å². The number of nitrogens with zero attached hydrogens (tertiary/aromatic N) is 2. The van der Waals surface area contributed by atoms with E-state index in [4.69, 9.17) is 4.74 Å². The summed E-state index contributed by atoms with van der Waals surface area (Å²) in [5.74, 6) is 0.428. The van der Waals surface area contributed by atoms with Crippen LogP contribution in [-0.4, -0.2) is 16.1 Å². The van der Waals surface area contributed by atoms with Crippen LogP contribution in [0.2, 0.25) is 0 Å². The van der Waals surface area contributed by atoms with Crippen LogP contribution in [0, 0.1) is 0 Å². The highest BCUT2D eigenvalue weighted by atomic mass is 16.5. The van der Waals surface area contributed by atoms with Gasteiger partial charge in [0.05, 0.1) is 5.69 Å². The van der Waals surface area contributed by atoms with Crippen molar-refractivity contribution in [2.24, 2.45) is 0 Å². The minimum atomic E-state index is 0.330. The maximum atomic E-state index is 5.82. The molecular formula is C13H20N2O. The Balaban J connectivity index is 2.00. The van der Waals surface area contributed by atoms with Crippen molar-refractivity contribution in [2.75, 3.05) is 0 Å². The zero-order valence-corrected chi connectivity index (χ0v) is 10.1. The van der Waals surface area contributed by atoms with Gasteiger partial charge in [-0.05, 0) is 37.7 Å². The van der Waals surface area contributed by atoms with Gasteiger partial charge in [-0.3, -0.25) is 0 Å². The summed E-state index contributed by atoms with van der Waals surface area (Å²) in [5, 5.41) is 0. The SMILES string of the molecule is CC(C)c1ccnc(OC2CCCCC2)n1. The highest BCUT2D eigenvalue weighted by Gasteiger charge is 2.16. The number of rotatable bonds is 3. The molecule has 0 unspecified atom stereocenters. The van der Waals surface area contributed by atoms with Gasteiger partial charge in [-0.2, -0.15) is 4.98 Å². The summed E-state index contributed by atoms with van der Waals surface area (Å²) < 4.78 is 5.82. The molecule has 0 aliphatic heterocycles. The fourth-order valence-electron chi connectivity index (χ4n) is 2.06. The van der Waals surface area contributed by atoms with Gasteiger partial charge < -0.3 is 4.74 Å². The molecule has 1 fully saturated rings. The van der Waals surface area contributed by atoms with Crippen molar-refractivity contribution in [1.82, 2.24) is 9.97 Å². The van der Waals surface area contributed by atoms with E-state index in [0.29, 0.717) is 18.0 Å². The van der Waals surface area contributed by atoms with Crippen LogP contribution in [0.4, 0.5) is 0 Å². The van der Waals surface area contributed by atoms with E-state index >= 15 is 0 Å². The smallest absolute Gasteiger partial charge is 0.316 e. The molecule has 16 heavy (non-hydrogen) atoms. The van der Waals surface area contributed by atoms with Crippen LogP contribution >= 0.6 is 0 Å². The summed E-state index contributed by atoms with van der Waals surface area (Å²) >= 11 is 0. The van der Waals surface area contributed by atoms with Gasteiger partial charge in [0.2, 0.25) is 0 Å². The lowest BCUT2D eigenvalue weighted by molar-refractivity contribution is 0.141. The predicted octanol–water partition coefficient (Wildman–Crippen LogP) is 3.31. The van der Waals surface area contributed by atoms with Crippen LogP contribution in [-0.2, 0) is 0 Å². The molecular weight excluding hydrogens is 200 g/mol. The van der Waals surface area contributed by atoms with E-state index in [1.165, 1.54) is 19.3 Å². The lowest BCUT2D eigenvalue weighted by atomic mass is 9.98. The molecule has 3 heteroatoms. The van der Waals surface area contributed by atoms with E-state index < -0.39 is 0 Å². The maximum absolute atomic E-state index is 5.82. The zero-order valence-electron chi connectivity index (χ0n) is 10.1. The maximum Gasteiger partial charge on any atom is 0.316 e. The molecule has 1 aromatic rings. The third-order valence-corrected chi connectivity index (χ3v) is 3.07.